The first kappa shape index (κ1) is 51.9. The summed E-state index contributed by atoms with van der Waals surface area (Å²) in [4.78, 5) is 15.0. The SMILES string of the molecule is CC1=CC[C@]2(C(=O)OC3OC(COC4OC(CO)C(OC5O[C@@H](C)[C@H](O)C(O)[C@H]5O)[C@@H](O)C4O)C(O)[C@@H](O)C3O)CC[C@]3(C)C(CCC4[C@@]5(C)C[C@@H](O)[C@H](O)[C@@](C)(CO)C5CC[C@]43C)C2[C@H]1C. The van der Waals surface area contributed by atoms with Crippen molar-refractivity contribution < 1.29 is 94.5 Å². The molecule has 0 aromatic rings. The number of carbonyl (C=O) groups excluding carboxylic acids is 1. The molecule has 5 aliphatic carbocycles. The van der Waals surface area contributed by atoms with E-state index >= 15 is 4.79 Å². The molecule has 384 valence electrons. The lowest BCUT2D eigenvalue weighted by atomic mass is 9.31. The van der Waals surface area contributed by atoms with Gasteiger partial charge in [-0.05, 0) is 111 Å². The third-order valence-corrected chi connectivity index (χ3v) is 19.9. The van der Waals surface area contributed by atoms with Crippen LogP contribution in [-0.4, -0.2) is 191 Å². The Balaban J connectivity index is 0.972. The molecule has 0 spiro atoms. The second kappa shape index (κ2) is 18.5. The normalized spacial score (nSPS) is 56.7. The second-order valence-corrected chi connectivity index (χ2v) is 22.9. The van der Waals surface area contributed by atoms with E-state index < -0.39 is 134 Å². The van der Waals surface area contributed by atoms with Crippen LogP contribution in [-0.2, 0) is 33.2 Å². The average Bonchev–Trinajstić information content (AvgIpc) is 3.29. The number of esters is 1. The van der Waals surface area contributed by atoms with Gasteiger partial charge in [-0.2, -0.15) is 0 Å². The summed E-state index contributed by atoms with van der Waals surface area (Å²) in [5.41, 5.74) is -1.48. The Kier molecular flexibility index (Phi) is 14.4. The zero-order valence-electron chi connectivity index (χ0n) is 39.8. The van der Waals surface area contributed by atoms with Crippen LogP contribution in [0.3, 0.4) is 0 Å². The summed E-state index contributed by atoms with van der Waals surface area (Å²) in [7, 11) is 0. The maximum absolute atomic E-state index is 15.0. The lowest BCUT2D eigenvalue weighted by molar-refractivity contribution is -0.361. The van der Waals surface area contributed by atoms with Gasteiger partial charge in [-0.1, -0.05) is 46.3 Å². The van der Waals surface area contributed by atoms with Crippen LogP contribution in [0.1, 0.15) is 99.8 Å². The Morgan fingerprint density at radius 3 is 2.01 bits per heavy atom. The Bertz CT molecular complexity index is 1820. The first-order valence-electron chi connectivity index (χ1n) is 24.5. The van der Waals surface area contributed by atoms with Gasteiger partial charge in [0.15, 0.2) is 12.6 Å². The van der Waals surface area contributed by atoms with Crippen molar-refractivity contribution in [3.8, 4) is 0 Å². The molecule has 8 rings (SSSR count). The molecule has 19 heteroatoms. The zero-order valence-corrected chi connectivity index (χ0v) is 39.8. The second-order valence-electron chi connectivity index (χ2n) is 22.9. The Morgan fingerprint density at radius 2 is 1.34 bits per heavy atom. The quantitative estimate of drug-likeness (QED) is 0.0971. The third kappa shape index (κ3) is 7.92. The number of carbonyl (C=O) groups is 1. The van der Waals surface area contributed by atoms with E-state index in [1.807, 2.05) is 6.92 Å². The van der Waals surface area contributed by atoms with E-state index in [-0.39, 0.29) is 52.4 Å². The van der Waals surface area contributed by atoms with Gasteiger partial charge in [-0.3, -0.25) is 4.79 Å². The molecule has 0 amide bonds. The molecule has 0 bridgehead atoms. The van der Waals surface area contributed by atoms with Crippen LogP contribution in [0.5, 0.6) is 0 Å². The highest BCUT2D eigenvalue weighted by Crippen LogP contribution is 2.77. The molecule has 7 fully saturated rings. The molecule has 3 heterocycles. The van der Waals surface area contributed by atoms with E-state index in [9.17, 15) is 61.3 Å². The van der Waals surface area contributed by atoms with E-state index in [0.717, 1.165) is 25.7 Å². The number of ether oxygens (including phenoxy) is 6. The first-order valence-corrected chi connectivity index (χ1v) is 24.5. The molecule has 0 aromatic carbocycles. The van der Waals surface area contributed by atoms with Crippen molar-refractivity contribution in [2.24, 2.45) is 56.7 Å². The average molecular weight is 959 g/mol. The molecule has 14 unspecified atom stereocenters. The van der Waals surface area contributed by atoms with E-state index in [1.54, 1.807) is 0 Å². The molecule has 19 nitrogen and oxygen atoms in total. The van der Waals surface area contributed by atoms with Gasteiger partial charge in [-0.15, -0.1) is 0 Å². The molecule has 4 saturated carbocycles. The molecule has 27 atom stereocenters. The first-order chi connectivity index (χ1) is 31.4. The number of fused-ring (bicyclic) bond motifs is 7. The smallest absolute Gasteiger partial charge is 0.315 e. The minimum atomic E-state index is -1.86. The number of hydrogen-bond donors (Lipinski definition) is 12. The molecule has 3 aliphatic heterocycles. The number of aliphatic hydroxyl groups is 12. The molecule has 12 N–H and O–H groups in total. The fourth-order valence-corrected chi connectivity index (χ4v) is 15.6. The number of aliphatic hydroxyl groups excluding tert-OH is 12. The predicted octanol–water partition coefficient (Wildman–Crippen LogP) is -1.03. The van der Waals surface area contributed by atoms with Crippen molar-refractivity contribution in [3.63, 3.8) is 0 Å². The van der Waals surface area contributed by atoms with Crippen LogP contribution in [0.4, 0.5) is 0 Å². The van der Waals surface area contributed by atoms with Gasteiger partial charge in [0.05, 0.1) is 43.5 Å². The number of hydrogen-bond acceptors (Lipinski definition) is 19. The molecular weight excluding hydrogens is 881 g/mol. The summed E-state index contributed by atoms with van der Waals surface area (Å²) in [6, 6.07) is 0. The molecule has 0 radical (unpaired) electrons. The van der Waals surface area contributed by atoms with Crippen molar-refractivity contribution in [1.29, 1.82) is 0 Å². The molecular formula is C48H78O19. The Labute approximate surface area is 392 Å². The van der Waals surface area contributed by atoms with Crippen molar-refractivity contribution >= 4 is 5.97 Å². The lowest BCUT2D eigenvalue weighted by Gasteiger charge is -2.73. The third-order valence-electron chi connectivity index (χ3n) is 19.9. The van der Waals surface area contributed by atoms with Crippen LogP contribution in [0.2, 0.25) is 0 Å². The van der Waals surface area contributed by atoms with Gasteiger partial charge < -0.3 is 89.7 Å². The van der Waals surface area contributed by atoms with E-state index in [0.29, 0.717) is 25.7 Å². The van der Waals surface area contributed by atoms with Crippen LogP contribution in [0.15, 0.2) is 11.6 Å². The molecule has 0 aromatic heterocycles. The zero-order chi connectivity index (χ0) is 49.1. The fourth-order valence-electron chi connectivity index (χ4n) is 15.6. The van der Waals surface area contributed by atoms with E-state index in [2.05, 4.69) is 40.7 Å². The fraction of sp³-hybridized carbons (Fsp3) is 0.938. The largest absolute Gasteiger partial charge is 0.432 e. The highest BCUT2D eigenvalue weighted by Gasteiger charge is 2.72. The maximum Gasteiger partial charge on any atom is 0.315 e. The van der Waals surface area contributed by atoms with Crippen molar-refractivity contribution in [2.45, 2.75) is 204 Å². The van der Waals surface area contributed by atoms with Crippen molar-refractivity contribution in [2.75, 3.05) is 19.8 Å². The molecule has 8 aliphatic rings. The molecule has 67 heavy (non-hydrogen) atoms. The van der Waals surface area contributed by atoms with Crippen LogP contribution in [0, 0.1) is 56.7 Å². The summed E-state index contributed by atoms with van der Waals surface area (Å²) in [6.45, 7) is 12.9. The summed E-state index contributed by atoms with van der Waals surface area (Å²) in [5.74, 6) is -0.496. The highest BCUT2D eigenvalue weighted by atomic mass is 16.8. The van der Waals surface area contributed by atoms with Crippen LogP contribution >= 0.6 is 0 Å². The number of allylic oxidation sites excluding steroid dienone is 2. The minimum absolute atomic E-state index is 0.00890. The van der Waals surface area contributed by atoms with Gasteiger partial charge in [0.1, 0.15) is 67.1 Å². The summed E-state index contributed by atoms with van der Waals surface area (Å²) >= 11 is 0. The Hall–Kier alpha value is -1.47. The Morgan fingerprint density at radius 1 is 0.701 bits per heavy atom. The monoisotopic (exact) mass is 959 g/mol. The van der Waals surface area contributed by atoms with Crippen LogP contribution < -0.4 is 0 Å². The van der Waals surface area contributed by atoms with Gasteiger partial charge in [0.2, 0.25) is 6.29 Å². The predicted molar refractivity (Wildman–Crippen MR) is 231 cm³/mol. The van der Waals surface area contributed by atoms with Gasteiger partial charge in [0.25, 0.3) is 0 Å². The van der Waals surface area contributed by atoms with Crippen molar-refractivity contribution in [1.82, 2.24) is 0 Å². The molecule has 3 saturated heterocycles. The summed E-state index contributed by atoms with van der Waals surface area (Å²) in [5, 5.41) is 130. The van der Waals surface area contributed by atoms with E-state index in [4.69, 9.17) is 28.4 Å². The summed E-state index contributed by atoms with van der Waals surface area (Å²) in [6.07, 6.45) is -18.9. The highest BCUT2D eigenvalue weighted by molar-refractivity contribution is 5.78. The summed E-state index contributed by atoms with van der Waals surface area (Å²) < 4.78 is 34.7. The lowest BCUT2D eigenvalue weighted by Crippen LogP contribution is -2.70. The van der Waals surface area contributed by atoms with Gasteiger partial charge >= 0.3 is 5.97 Å². The van der Waals surface area contributed by atoms with Gasteiger partial charge in [0, 0.05) is 5.41 Å². The standard InChI is InChI=1S/C48H78O19/c1-20-10-13-48(15-14-46(6)23(29(48)21(20)2)8-9-28-44(4)16-24(51)39(60)45(5,19-50)27(44)11-12-47(28,46)7)43(61)67-42-36(58)33(55)31(53)26(65-42)18-62-40-37(59)34(56)38(25(17-49)64-40)66-41-35(57)32(54)30(52)22(3)63-41/h10,21-42,49-60H,8-9,11-19H2,1-7H3/t21-,22-,23?,24+,25?,26?,27?,28?,29?,30-,31?,32?,33+,34-,35+,36?,37?,38?,39-,40?,41?,42?,44-,45-,46+,47+,48-/m0/s1. The van der Waals surface area contributed by atoms with Gasteiger partial charge in [-0.25, -0.2) is 0 Å². The maximum atomic E-state index is 15.0. The van der Waals surface area contributed by atoms with Crippen molar-refractivity contribution in [3.05, 3.63) is 11.6 Å². The topological polar surface area (TPSA) is 315 Å². The van der Waals surface area contributed by atoms with Crippen LogP contribution in [0.25, 0.3) is 0 Å². The van der Waals surface area contributed by atoms with E-state index in [1.165, 1.54) is 12.5 Å². The minimum Gasteiger partial charge on any atom is -0.432 e. The number of rotatable bonds is 9.